The molecule has 0 aliphatic heterocycles. The maximum Gasteiger partial charge on any atom is 0.253 e. The molecule has 0 aromatic carbocycles. The number of H-pyrrole nitrogens is 1. The fraction of sp³-hybridized carbons (Fsp3) is 0.308. The van der Waals surface area contributed by atoms with Crippen LogP contribution in [0.4, 0.5) is 0 Å². The number of likely N-dealkylation sites (N-methyl/N-ethyl adjacent to an activating group) is 1. The van der Waals surface area contributed by atoms with E-state index in [1.807, 2.05) is 32.3 Å². The Morgan fingerprint density at radius 1 is 1.45 bits per heavy atom. The Morgan fingerprint density at radius 2 is 2.20 bits per heavy atom. The highest BCUT2D eigenvalue weighted by Crippen LogP contribution is 2.32. The number of amides is 1. The molecule has 7 heteroatoms. The van der Waals surface area contributed by atoms with Crippen molar-refractivity contribution in [2.45, 2.75) is 13.0 Å². The summed E-state index contributed by atoms with van der Waals surface area (Å²) in [6.07, 6.45) is 3.53. The van der Waals surface area contributed by atoms with Gasteiger partial charge in [0.2, 0.25) is 0 Å². The lowest BCUT2D eigenvalue weighted by Gasteiger charge is -2.11. The molecule has 2 rings (SSSR count). The highest BCUT2D eigenvalue weighted by Gasteiger charge is 2.15. The van der Waals surface area contributed by atoms with Gasteiger partial charge in [0, 0.05) is 35.4 Å². The van der Waals surface area contributed by atoms with Crippen LogP contribution in [0.25, 0.3) is 10.4 Å². The number of rotatable bonds is 5. The molecule has 0 spiro atoms. The first-order valence-corrected chi connectivity index (χ1v) is 7.19. The lowest BCUT2D eigenvalue weighted by Crippen LogP contribution is -2.37. The molecule has 2 aromatic heterocycles. The number of aromatic amines is 1. The minimum atomic E-state index is -0.0807. The standard InChI is InChI=1S/C13H16ClN3OS.ClH/c1-8(15-2)5-17-13(18)10-7-16-6-9(10)11-3-4-12(14)19-11;/h3-4,6-8,15-16H,5H2,1-2H3,(H,17,18);1H. The molecule has 1 atom stereocenters. The summed E-state index contributed by atoms with van der Waals surface area (Å²) < 4.78 is 0.714. The fourth-order valence-electron chi connectivity index (χ4n) is 1.66. The van der Waals surface area contributed by atoms with E-state index in [1.54, 1.807) is 6.20 Å². The first-order chi connectivity index (χ1) is 9.11. The molecule has 1 amide bonds. The largest absolute Gasteiger partial charge is 0.366 e. The van der Waals surface area contributed by atoms with E-state index in [2.05, 4.69) is 15.6 Å². The predicted molar refractivity (Wildman–Crippen MR) is 87.2 cm³/mol. The molecular formula is C13H17Cl2N3OS. The number of thiophene rings is 1. The van der Waals surface area contributed by atoms with E-state index in [-0.39, 0.29) is 24.4 Å². The number of hydrogen-bond donors (Lipinski definition) is 3. The Labute approximate surface area is 133 Å². The van der Waals surface area contributed by atoms with Crippen LogP contribution in [0.15, 0.2) is 24.5 Å². The van der Waals surface area contributed by atoms with Crippen molar-refractivity contribution >= 4 is 41.3 Å². The van der Waals surface area contributed by atoms with E-state index in [0.29, 0.717) is 16.4 Å². The molecule has 0 bridgehead atoms. The number of hydrogen-bond acceptors (Lipinski definition) is 3. The molecule has 4 nitrogen and oxygen atoms in total. The van der Waals surface area contributed by atoms with Crippen LogP contribution in [0, 0.1) is 0 Å². The van der Waals surface area contributed by atoms with Crippen molar-refractivity contribution in [1.82, 2.24) is 15.6 Å². The van der Waals surface area contributed by atoms with E-state index in [1.165, 1.54) is 11.3 Å². The topological polar surface area (TPSA) is 56.9 Å². The molecular weight excluding hydrogens is 317 g/mol. The molecule has 2 aromatic rings. The number of halogens is 2. The Morgan fingerprint density at radius 3 is 2.80 bits per heavy atom. The molecule has 2 heterocycles. The van der Waals surface area contributed by atoms with Crippen molar-refractivity contribution in [3.05, 3.63) is 34.4 Å². The second-order valence-electron chi connectivity index (χ2n) is 4.29. The van der Waals surface area contributed by atoms with Gasteiger partial charge in [-0.2, -0.15) is 0 Å². The molecule has 1 unspecified atom stereocenters. The first-order valence-electron chi connectivity index (χ1n) is 5.99. The van der Waals surface area contributed by atoms with Gasteiger partial charge >= 0.3 is 0 Å². The summed E-state index contributed by atoms with van der Waals surface area (Å²) in [7, 11) is 1.87. The highest BCUT2D eigenvalue weighted by atomic mass is 35.5. The van der Waals surface area contributed by atoms with Crippen LogP contribution in [0.5, 0.6) is 0 Å². The average molecular weight is 334 g/mol. The smallest absolute Gasteiger partial charge is 0.253 e. The lowest BCUT2D eigenvalue weighted by molar-refractivity contribution is 0.0951. The summed E-state index contributed by atoms with van der Waals surface area (Å²) in [6, 6.07) is 3.99. The zero-order valence-corrected chi connectivity index (χ0v) is 13.6. The lowest BCUT2D eigenvalue weighted by atomic mass is 10.1. The van der Waals surface area contributed by atoms with E-state index >= 15 is 0 Å². The van der Waals surface area contributed by atoms with Crippen LogP contribution < -0.4 is 10.6 Å². The molecule has 0 radical (unpaired) electrons. The second-order valence-corrected chi connectivity index (χ2v) is 6.00. The summed E-state index contributed by atoms with van der Waals surface area (Å²) in [4.78, 5) is 16.1. The van der Waals surface area contributed by atoms with Gasteiger partial charge < -0.3 is 15.6 Å². The SMILES string of the molecule is CNC(C)CNC(=O)c1c[nH]cc1-c1ccc(Cl)s1.Cl. The third-order valence-electron chi connectivity index (χ3n) is 2.89. The van der Waals surface area contributed by atoms with Gasteiger partial charge in [-0.05, 0) is 26.1 Å². The Balaban J connectivity index is 0.00000200. The van der Waals surface area contributed by atoms with Crippen molar-refractivity contribution in [2.24, 2.45) is 0 Å². The van der Waals surface area contributed by atoms with Crippen molar-refractivity contribution in [1.29, 1.82) is 0 Å². The maximum atomic E-state index is 12.1. The van der Waals surface area contributed by atoms with Crippen LogP contribution in [-0.2, 0) is 0 Å². The van der Waals surface area contributed by atoms with Crippen molar-refractivity contribution in [3.63, 3.8) is 0 Å². The van der Waals surface area contributed by atoms with Crippen molar-refractivity contribution in [2.75, 3.05) is 13.6 Å². The number of aromatic nitrogens is 1. The van der Waals surface area contributed by atoms with E-state index in [4.69, 9.17) is 11.6 Å². The Hall–Kier alpha value is -1.01. The third kappa shape index (κ3) is 3.99. The van der Waals surface area contributed by atoms with E-state index < -0.39 is 0 Å². The fourth-order valence-corrected chi connectivity index (χ4v) is 2.73. The van der Waals surface area contributed by atoms with Crippen LogP contribution in [-0.4, -0.2) is 30.5 Å². The van der Waals surface area contributed by atoms with Crippen LogP contribution in [0.2, 0.25) is 4.34 Å². The van der Waals surface area contributed by atoms with Gasteiger partial charge in [0.05, 0.1) is 9.90 Å². The highest BCUT2D eigenvalue weighted by molar-refractivity contribution is 7.19. The first kappa shape index (κ1) is 17.0. The van der Waals surface area contributed by atoms with Gasteiger partial charge in [-0.3, -0.25) is 4.79 Å². The monoisotopic (exact) mass is 333 g/mol. The minimum absolute atomic E-state index is 0. The van der Waals surface area contributed by atoms with E-state index in [0.717, 1.165) is 10.4 Å². The summed E-state index contributed by atoms with van der Waals surface area (Å²) in [5, 5.41) is 5.98. The average Bonchev–Trinajstić information content (AvgIpc) is 3.03. The maximum absolute atomic E-state index is 12.1. The molecule has 0 aliphatic rings. The molecule has 0 fully saturated rings. The third-order valence-corrected chi connectivity index (χ3v) is 4.15. The second kappa shape index (κ2) is 7.69. The molecule has 110 valence electrons. The zero-order chi connectivity index (χ0) is 13.8. The molecule has 0 saturated heterocycles. The van der Waals surface area contributed by atoms with Crippen LogP contribution in [0.3, 0.4) is 0 Å². The van der Waals surface area contributed by atoms with E-state index in [9.17, 15) is 4.79 Å². The summed E-state index contributed by atoms with van der Waals surface area (Å²) >= 11 is 7.39. The number of nitrogens with one attached hydrogen (secondary N) is 3. The molecule has 0 aliphatic carbocycles. The zero-order valence-electron chi connectivity index (χ0n) is 11.2. The molecule has 20 heavy (non-hydrogen) atoms. The minimum Gasteiger partial charge on any atom is -0.366 e. The van der Waals surface area contributed by atoms with Crippen LogP contribution in [0.1, 0.15) is 17.3 Å². The molecule has 3 N–H and O–H groups in total. The van der Waals surface area contributed by atoms with Gasteiger partial charge in [-0.15, -0.1) is 23.7 Å². The van der Waals surface area contributed by atoms with Gasteiger partial charge in [0.15, 0.2) is 0 Å². The van der Waals surface area contributed by atoms with Gasteiger partial charge in [-0.1, -0.05) is 11.6 Å². The number of carbonyl (C=O) groups excluding carboxylic acids is 1. The Kier molecular flexibility index (Phi) is 6.55. The quantitative estimate of drug-likeness (QED) is 0.787. The van der Waals surface area contributed by atoms with Crippen molar-refractivity contribution in [3.8, 4) is 10.4 Å². The summed E-state index contributed by atoms with van der Waals surface area (Å²) in [6.45, 7) is 2.60. The van der Waals surface area contributed by atoms with Crippen molar-refractivity contribution < 1.29 is 4.79 Å². The van der Waals surface area contributed by atoms with Gasteiger partial charge in [0.1, 0.15) is 0 Å². The van der Waals surface area contributed by atoms with Gasteiger partial charge in [-0.25, -0.2) is 0 Å². The number of carbonyl (C=O) groups is 1. The summed E-state index contributed by atoms with van der Waals surface area (Å²) in [5.41, 5.74) is 1.52. The molecule has 0 saturated carbocycles. The Bertz CT molecular complexity index is 567. The van der Waals surface area contributed by atoms with Crippen LogP contribution >= 0.6 is 35.3 Å². The van der Waals surface area contributed by atoms with Gasteiger partial charge in [0.25, 0.3) is 5.91 Å². The predicted octanol–water partition coefficient (Wildman–Crippen LogP) is 3.16. The summed E-state index contributed by atoms with van der Waals surface area (Å²) in [5.74, 6) is -0.0807. The normalized spacial score (nSPS) is 11.8.